The van der Waals surface area contributed by atoms with Crippen LogP contribution in [0, 0.1) is 3.57 Å². The van der Waals surface area contributed by atoms with E-state index in [1.54, 1.807) is 11.0 Å². The Morgan fingerprint density at radius 2 is 1.88 bits per heavy atom. The van der Waals surface area contributed by atoms with E-state index in [2.05, 4.69) is 32.8 Å². The van der Waals surface area contributed by atoms with E-state index in [1.807, 2.05) is 49.4 Å². The van der Waals surface area contributed by atoms with Gasteiger partial charge in [0.2, 0.25) is 11.8 Å². The molecule has 7 heteroatoms. The van der Waals surface area contributed by atoms with Crippen LogP contribution in [0.15, 0.2) is 52.9 Å². The molecule has 134 valence electrons. The number of carbonyl (C=O) groups is 1. The summed E-state index contributed by atoms with van der Waals surface area (Å²) in [6, 6.07) is 14.8. The van der Waals surface area contributed by atoms with E-state index in [0.717, 1.165) is 9.99 Å². The van der Waals surface area contributed by atoms with E-state index in [9.17, 15) is 4.79 Å². The van der Waals surface area contributed by atoms with Gasteiger partial charge in [-0.1, -0.05) is 42.8 Å². The fraction of sp³-hybridized carbons (Fsp3) is 0.211. The molecule has 2 aromatic carbocycles. The Hall–Kier alpha value is -1.93. The summed E-state index contributed by atoms with van der Waals surface area (Å²) >= 11 is 8.35. The fourth-order valence-electron chi connectivity index (χ4n) is 2.55. The molecule has 0 aliphatic heterocycles. The lowest BCUT2D eigenvalue weighted by Crippen LogP contribution is -2.32. The second-order valence-electron chi connectivity index (χ2n) is 5.69. The topological polar surface area (TPSA) is 59.2 Å². The lowest BCUT2D eigenvalue weighted by atomic mass is 10.2. The third kappa shape index (κ3) is 4.24. The second kappa shape index (κ2) is 8.64. The van der Waals surface area contributed by atoms with Crippen molar-refractivity contribution in [2.24, 2.45) is 0 Å². The second-order valence-corrected chi connectivity index (χ2v) is 7.26. The van der Waals surface area contributed by atoms with Gasteiger partial charge in [0.25, 0.3) is 5.91 Å². The van der Waals surface area contributed by atoms with Gasteiger partial charge in [0, 0.05) is 10.1 Å². The molecule has 0 saturated carbocycles. The van der Waals surface area contributed by atoms with Gasteiger partial charge >= 0.3 is 0 Å². The number of rotatable bonds is 6. The fourth-order valence-corrected chi connectivity index (χ4v) is 3.39. The normalized spacial score (nSPS) is 10.7. The molecule has 1 amide bonds. The lowest BCUT2D eigenvalue weighted by molar-refractivity contribution is 0.0727. The van der Waals surface area contributed by atoms with Gasteiger partial charge in [-0.05, 0) is 53.3 Å². The van der Waals surface area contributed by atoms with Crippen LogP contribution < -0.4 is 0 Å². The number of benzene rings is 2. The molecule has 0 aliphatic carbocycles. The van der Waals surface area contributed by atoms with Gasteiger partial charge in [0.05, 0.1) is 22.7 Å². The molecule has 0 atom stereocenters. The van der Waals surface area contributed by atoms with E-state index in [1.165, 1.54) is 0 Å². The van der Waals surface area contributed by atoms with Crippen molar-refractivity contribution in [1.82, 2.24) is 15.1 Å². The Morgan fingerprint density at radius 1 is 1.15 bits per heavy atom. The third-order valence-electron chi connectivity index (χ3n) is 3.78. The summed E-state index contributed by atoms with van der Waals surface area (Å²) in [5.74, 6) is 0.686. The number of aromatic nitrogens is 2. The zero-order valence-electron chi connectivity index (χ0n) is 14.2. The first kappa shape index (κ1) is 18.8. The van der Waals surface area contributed by atoms with Gasteiger partial charge < -0.3 is 9.32 Å². The van der Waals surface area contributed by atoms with E-state index >= 15 is 0 Å². The third-order valence-corrected chi connectivity index (χ3v) is 5.05. The molecule has 3 aromatic rings. The molecule has 0 fully saturated rings. The van der Waals surface area contributed by atoms with Crippen LogP contribution in [-0.2, 0) is 6.54 Å². The van der Waals surface area contributed by atoms with Gasteiger partial charge in [0.1, 0.15) is 0 Å². The quantitative estimate of drug-likeness (QED) is 0.463. The van der Waals surface area contributed by atoms with Crippen LogP contribution in [0.1, 0.15) is 29.6 Å². The van der Waals surface area contributed by atoms with Crippen molar-refractivity contribution in [3.63, 3.8) is 0 Å². The molecule has 1 heterocycles. The Labute approximate surface area is 170 Å². The molecule has 0 radical (unpaired) electrons. The molecular weight excluding hydrogens is 465 g/mol. The smallest absolute Gasteiger partial charge is 0.255 e. The molecule has 1 aromatic heterocycles. The highest BCUT2D eigenvalue weighted by molar-refractivity contribution is 14.1. The van der Waals surface area contributed by atoms with E-state index in [-0.39, 0.29) is 12.5 Å². The van der Waals surface area contributed by atoms with Crippen molar-refractivity contribution >= 4 is 40.1 Å². The minimum absolute atomic E-state index is 0.0469. The van der Waals surface area contributed by atoms with Crippen LogP contribution in [0.5, 0.6) is 0 Å². The molecule has 3 rings (SSSR count). The summed E-state index contributed by atoms with van der Waals surface area (Å²) in [5, 5.41) is 8.70. The van der Waals surface area contributed by atoms with E-state index < -0.39 is 0 Å². The molecule has 5 nitrogen and oxygen atoms in total. The van der Waals surface area contributed by atoms with Crippen molar-refractivity contribution in [3.05, 3.63) is 68.6 Å². The number of carbonyl (C=O) groups excluding carboxylic acids is 1. The van der Waals surface area contributed by atoms with Gasteiger partial charge in [-0.2, -0.15) is 0 Å². The van der Waals surface area contributed by atoms with Gasteiger partial charge in [0.15, 0.2) is 0 Å². The first-order chi connectivity index (χ1) is 12.6. The highest BCUT2D eigenvalue weighted by atomic mass is 127. The Balaban J connectivity index is 1.82. The molecule has 0 spiro atoms. The van der Waals surface area contributed by atoms with Crippen LogP contribution in [0.4, 0.5) is 0 Å². The van der Waals surface area contributed by atoms with Gasteiger partial charge in [-0.15, -0.1) is 10.2 Å². The van der Waals surface area contributed by atoms with Crippen LogP contribution in [0.2, 0.25) is 5.02 Å². The van der Waals surface area contributed by atoms with Crippen LogP contribution in [0.3, 0.4) is 0 Å². The SMILES string of the molecule is CCCN(Cc1nnc(-c2ccccc2Cl)o1)C(=O)c1ccccc1I. The Morgan fingerprint density at radius 3 is 2.62 bits per heavy atom. The Bertz CT molecular complexity index is 913. The Kier molecular flexibility index (Phi) is 6.26. The van der Waals surface area contributed by atoms with Crippen LogP contribution in [-0.4, -0.2) is 27.5 Å². The van der Waals surface area contributed by atoms with Crippen molar-refractivity contribution in [2.45, 2.75) is 19.9 Å². The average molecular weight is 482 g/mol. The summed E-state index contributed by atoms with van der Waals surface area (Å²) in [7, 11) is 0. The number of hydrogen-bond acceptors (Lipinski definition) is 4. The molecule has 0 aliphatic rings. The zero-order valence-corrected chi connectivity index (χ0v) is 17.1. The summed E-state index contributed by atoms with van der Waals surface area (Å²) < 4.78 is 6.66. The largest absolute Gasteiger partial charge is 0.419 e. The molecule has 0 unspecified atom stereocenters. The lowest BCUT2D eigenvalue weighted by Gasteiger charge is -2.21. The summed E-state index contributed by atoms with van der Waals surface area (Å²) in [6.07, 6.45) is 0.834. The van der Waals surface area contributed by atoms with Crippen molar-refractivity contribution in [1.29, 1.82) is 0 Å². The summed E-state index contributed by atoms with van der Waals surface area (Å²) in [6.45, 7) is 2.89. The van der Waals surface area contributed by atoms with Gasteiger partial charge in [-0.25, -0.2) is 0 Å². The van der Waals surface area contributed by atoms with E-state index in [0.29, 0.717) is 34.5 Å². The predicted molar refractivity (Wildman–Crippen MR) is 109 cm³/mol. The molecule has 0 bridgehead atoms. The van der Waals surface area contributed by atoms with Crippen LogP contribution >= 0.6 is 34.2 Å². The van der Waals surface area contributed by atoms with Crippen LogP contribution in [0.25, 0.3) is 11.5 Å². The minimum atomic E-state index is -0.0469. The van der Waals surface area contributed by atoms with Crippen molar-refractivity contribution in [2.75, 3.05) is 6.54 Å². The monoisotopic (exact) mass is 481 g/mol. The maximum atomic E-state index is 12.9. The minimum Gasteiger partial charge on any atom is -0.419 e. The van der Waals surface area contributed by atoms with Gasteiger partial charge in [-0.3, -0.25) is 4.79 Å². The molecule has 0 saturated heterocycles. The number of halogens is 2. The first-order valence-electron chi connectivity index (χ1n) is 8.21. The highest BCUT2D eigenvalue weighted by Crippen LogP contribution is 2.26. The highest BCUT2D eigenvalue weighted by Gasteiger charge is 2.20. The first-order valence-corrected chi connectivity index (χ1v) is 9.67. The number of amides is 1. The number of nitrogens with zero attached hydrogens (tertiary/aromatic N) is 3. The maximum Gasteiger partial charge on any atom is 0.255 e. The van der Waals surface area contributed by atoms with Crippen molar-refractivity contribution in [3.8, 4) is 11.5 Å². The maximum absolute atomic E-state index is 12.9. The average Bonchev–Trinajstić information content (AvgIpc) is 3.10. The predicted octanol–water partition coefficient (Wildman–Crippen LogP) is 5.05. The van der Waals surface area contributed by atoms with Crippen molar-refractivity contribution < 1.29 is 9.21 Å². The molecular formula is C19H17ClIN3O2. The molecule has 26 heavy (non-hydrogen) atoms. The summed E-state index contributed by atoms with van der Waals surface area (Å²) in [4.78, 5) is 14.6. The van der Waals surface area contributed by atoms with E-state index in [4.69, 9.17) is 16.0 Å². The summed E-state index contributed by atoms with van der Waals surface area (Å²) in [5.41, 5.74) is 1.35. The molecule has 0 N–H and O–H groups in total. The standard InChI is InChI=1S/C19H17ClIN3O2/c1-2-11-24(19(25)14-8-4-6-10-16(14)21)12-17-22-23-18(26-17)13-7-3-5-9-15(13)20/h3-10H,2,11-12H2,1H3. The zero-order chi connectivity index (χ0) is 18.5. The number of hydrogen-bond donors (Lipinski definition) is 0.